The third kappa shape index (κ3) is 3.37. The summed E-state index contributed by atoms with van der Waals surface area (Å²) in [6.07, 6.45) is 6.15. The van der Waals surface area contributed by atoms with Crippen LogP contribution in [0, 0.1) is 11.3 Å². The number of nitriles is 1. The number of nitrogens with zero attached hydrogens (tertiary/aromatic N) is 4. The highest BCUT2D eigenvalue weighted by molar-refractivity contribution is 7.89. The van der Waals surface area contributed by atoms with Crippen molar-refractivity contribution in [1.29, 1.82) is 5.26 Å². The summed E-state index contributed by atoms with van der Waals surface area (Å²) in [5, 5.41) is 8.59. The topological polar surface area (TPSA) is 101 Å². The van der Waals surface area contributed by atoms with Gasteiger partial charge in [-0.15, -0.1) is 0 Å². The highest BCUT2D eigenvalue weighted by Crippen LogP contribution is 2.07. The molecule has 0 saturated heterocycles. The SMILES string of the molecule is N#Cc1ccc(S(=O)(=O)NCCn2ccnc2)cn1. The molecule has 0 saturated carbocycles. The van der Waals surface area contributed by atoms with Crippen LogP contribution in [-0.4, -0.2) is 29.5 Å². The quantitative estimate of drug-likeness (QED) is 0.837. The summed E-state index contributed by atoms with van der Waals surface area (Å²) in [5.41, 5.74) is 0.178. The second-order valence-corrected chi connectivity index (χ2v) is 5.46. The highest BCUT2D eigenvalue weighted by atomic mass is 32.2. The van der Waals surface area contributed by atoms with Gasteiger partial charge in [0.1, 0.15) is 16.7 Å². The van der Waals surface area contributed by atoms with E-state index in [-0.39, 0.29) is 17.1 Å². The molecule has 0 spiro atoms. The van der Waals surface area contributed by atoms with Crippen LogP contribution in [0.2, 0.25) is 0 Å². The third-order valence-corrected chi connectivity index (χ3v) is 3.83. The van der Waals surface area contributed by atoms with Crippen LogP contribution in [0.1, 0.15) is 5.69 Å². The van der Waals surface area contributed by atoms with E-state index in [1.54, 1.807) is 23.3 Å². The zero-order valence-corrected chi connectivity index (χ0v) is 10.7. The lowest BCUT2D eigenvalue weighted by atomic mass is 10.4. The molecule has 2 aromatic heterocycles. The number of rotatable bonds is 5. The van der Waals surface area contributed by atoms with Gasteiger partial charge in [0, 0.05) is 31.7 Å². The Balaban J connectivity index is 1.99. The Morgan fingerprint density at radius 3 is 2.84 bits per heavy atom. The molecule has 0 radical (unpaired) electrons. The van der Waals surface area contributed by atoms with E-state index >= 15 is 0 Å². The highest BCUT2D eigenvalue weighted by Gasteiger charge is 2.13. The molecule has 19 heavy (non-hydrogen) atoms. The van der Waals surface area contributed by atoms with Gasteiger partial charge in [-0.2, -0.15) is 5.26 Å². The van der Waals surface area contributed by atoms with E-state index in [1.165, 1.54) is 12.1 Å². The molecule has 0 bridgehead atoms. The minimum atomic E-state index is -3.59. The molecule has 0 aromatic carbocycles. The van der Waals surface area contributed by atoms with Gasteiger partial charge in [0.2, 0.25) is 10.0 Å². The monoisotopic (exact) mass is 277 g/mol. The largest absolute Gasteiger partial charge is 0.336 e. The Morgan fingerprint density at radius 1 is 1.42 bits per heavy atom. The third-order valence-electron chi connectivity index (χ3n) is 2.38. The number of hydrogen-bond donors (Lipinski definition) is 1. The Kier molecular flexibility index (Phi) is 3.89. The number of aromatic nitrogens is 3. The van der Waals surface area contributed by atoms with Crippen LogP contribution in [0.4, 0.5) is 0 Å². The first-order chi connectivity index (χ1) is 9.12. The summed E-state index contributed by atoms with van der Waals surface area (Å²) in [6, 6.07) is 4.55. The molecule has 0 amide bonds. The van der Waals surface area contributed by atoms with Gasteiger partial charge < -0.3 is 4.57 Å². The maximum Gasteiger partial charge on any atom is 0.242 e. The van der Waals surface area contributed by atoms with Crippen molar-refractivity contribution in [1.82, 2.24) is 19.3 Å². The molecule has 1 N–H and O–H groups in total. The average molecular weight is 277 g/mol. The van der Waals surface area contributed by atoms with Crippen LogP contribution in [0.5, 0.6) is 0 Å². The van der Waals surface area contributed by atoms with E-state index in [1.807, 2.05) is 6.07 Å². The zero-order chi connectivity index (χ0) is 13.7. The van der Waals surface area contributed by atoms with Crippen LogP contribution >= 0.6 is 0 Å². The van der Waals surface area contributed by atoms with Gasteiger partial charge in [-0.1, -0.05) is 0 Å². The minimum Gasteiger partial charge on any atom is -0.336 e. The van der Waals surface area contributed by atoms with Gasteiger partial charge in [0.15, 0.2) is 0 Å². The van der Waals surface area contributed by atoms with E-state index in [4.69, 9.17) is 5.26 Å². The number of hydrogen-bond acceptors (Lipinski definition) is 5. The molecular formula is C11H11N5O2S. The van der Waals surface area contributed by atoms with Crippen molar-refractivity contribution in [2.24, 2.45) is 0 Å². The second kappa shape index (κ2) is 5.60. The summed E-state index contributed by atoms with van der Waals surface area (Å²) in [4.78, 5) is 7.62. The smallest absolute Gasteiger partial charge is 0.242 e. The Bertz CT molecular complexity index is 671. The fourth-order valence-electron chi connectivity index (χ4n) is 1.42. The first-order valence-electron chi connectivity index (χ1n) is 5.43. The van der Waals surface area contributed by atoms with E-state index in [2.05, 4.69) is 14.7 Å². The summed E-state index contributed by atoms with van der Waals surface area (Å²) in [5.74, 6) is 0. The molecule has 7 nitrogen and oxygen atoms in total. The van der Waals surface area contributed by atoms with Crippen LogP contribution in [0.15, 0.2) is 41.9 Å². The van der Waals surface area contributed by atoms with Gasteiger partial charge in [-0.05, 0) is 12.1 Å². The lowest BCUT2D eigenvalue weighted by molar-refractivity contribution is 0.572. The number of sulfonamides is 1. The summed E-state index contributed by atoms with van der Waals surface area (Å²) in [7, 11) is -3.59. The lowest BCUT2D eigenvalue weighted by Crippen LogP contribution is -2.27. The predicted molar refractivity (Wildman–Crippen MR) is 66.4 cm³/mol. The van der Waals surface area contributed by atoms with Gasteiger partial charge in [-0.25, -0.2) is 23.1 Å². The normalized spacial score (nSPS) is 11.1. The number of imidazole rings is 1. The van der Waals surface area contributed by atoms with E-state index < -0.39 is 10.0 Å². The molecule has 8 heteroatoms. The molecule has 0 aliphatic heterocycles. The Labute approximate surface area is 110 Å². The van der Waals surface area contributed by atoms with E-state index in [9.17, 15) is 8.42 Å². The van der Waals surface area contributed by atoms with Gasteiger partial charge >= 0.3 is 0 Å². The fraction of sp³-hybridized carbons (Fsp3) is 0.182. The van der Waals surface area contributed by atoms with Crippen molar-refractivity contribution in [2.45, 2.75) is 11.4 Å². The standard InChI is InChI=1S/C11H11N5O2S/c12-7-10-1-2-11(8-14-10)19(17,18)15-4-6-16-5-3-13-9-16/h1-3,5,8-9,15H,4,6H2. The molecule has 0 aliphatic carbocycles. The van der Waals surface area contributed by atoms with E-state index in [0.717, 1.165) is 6.20 Å². The first kappa shape index (κ1) is 13.2. The predicted octanol–water partition coefficient (Wildman–Crippen LogP) is 0.128. The van der Waals surface area contributed by atoms with Crippen molar-refractivity contribution in [3.63, 3.8) is 0 Å². The van der Waals surface area contributed by atoms with Crippen molar-refractivity contribution in [3.8, 4) is 6.07 Å². The van der Waals surface area contributed by atoms with Crippen molar-refractivity contribution >= 4 is 10.0 Å². The number of nitrogens with one attached hydrogen (secondary N) is 1. The van der Waals surface area contributed by atoms with Crippen LogP contribution < -0.4 is 4.72 Å². The molecule has 0 aliphatic rings. The van der Waals surface area contributed by atoms with Crippen molar-refractivity contribution in [2.75, 3.05) is 6.54 Å². The van der Waals surface area contributed by atoms with E-state index in [0.29, 0.717) is 6.54 Å². The van der Waals surface area contributed by atoms with Gasteiger partial charge in [0.05, 0.1) is 6.33 Å². The summed E-state index contributed by atoms with van der Waals surface area (Å²) in [6.45, 7) is 0.738. The maximum atomic E-state index is 11.9. The second-order valence-electron chi connectivity index (χ2n) is 3.69. The van der Waals surface area contributed by atoms with Gasteiger partial charge in [0.25, 0.3) is 0 Å². The Morgan fingerprint density at radius 2 is 2.26 bits per heavy atom. The molecule has 0 fully saturated rings. The molecule has 2 rings (SSSR count). The van der Waals surface area contributed by atoms with Crippen LogP contribution in [0.3, 0.4) is 0 Å². The van der Waals surface area contributed by atoms with Crippen LogP contribution in [0.25, 0.3) is 0 Å². The average Bonchev–Trinajstić information content (AvgIpc) is 2.92. The summed E-state index contributed by atoms with van der Waals surface area (Å²) >= 11 is 0. The van der Waals surface area contributed by atoms with Crippen molar-refractivity contribution < 1.29 is 8.42 Å². The summed E-state index contributed by atoms with van der Waals surface area (Å²) < 4.78 is 28.0. The molecule has 2 heterocycles. The lowest BCUT2D eigenvalue weighted by Gasteiger charge is -2.06. The zero-order valence-electron chi connectivity index (χ0n) is 9.89. The fourth-order valence-corrected chi connectivity index (χ4v) is 2.38. The number of pyridine rings is 1. The maximum absolute atomic E-state index is 11.9. The van der Waals surface area contributed by atoms with Gasteiger partial charge in [-0.3, -0.25) is 0 Å². The van der Waals surface area contributed by atoms with Crippen molar-refractivity contribution in [3.05, 3.63) is 42.7 Å². The molecule has 0 atom stereocenters. The molecule has 0 unspecified atom stereocenters. The first-order valence-corrected chi connectivity index (χ1v) is 6.92. The molecular weight excluding hydrogens is 266 g/mol. The minimum absolute atomic E-state index is 0.0390. The molecule has 98 valence electrons. The molecule has 2 aromatic rings. The van der Waals surface area contributed by atoms with Crippen LogP contribution in [-0.2, 0) is 16.6 Å². The Hall–Kier alpha value is -2.24.